The van der Waals surface area contributed by atoms with Gasteiger partial charge < -0.3 is 4.74 Å². The number of ether oxygens (including phenoxy) is 1. The van der Waals surface area contributed by atoms with Gasteiger partial charge in [0.1, 0.15) is 11.4 Å². The van der Waals surface area contributed by atoms with Gasteiger partial charge in [-0.1, -0.05) is 26.2 Å². The van der Waals surface area contributed by atoms with E-state index in [1.165, 1.54) is 31.4 Å². The molecule has 1 aliphatic carbocycles. The summed E-state index contributed by atoms with van der Waals surface area (Å²) >= 11 is 0. The van der Waals surface area contributed by atoms with Crippen molar-refractivity contribution >= 4 is 22.8 Å². The van der Waals surface area contributed by atoms with E-state index in [4.69, 9.17) is 4.74 Å². The molecule has 1 aliphatic rings. The zero-order chi connectivity index (χ0) is 23.1. The molecule has 0 radical (unpaired) electrons. The number of hydrogen-bond acceptors (Lipinski definition) is 7. The highest BCUT2D eigenvalue weighted by Gasteiger charge is 2.28. The second-order valence-corrected chi connectivity index (χ2v) is 7.97. The van der Waals surface area contributed by atoms with Crippen molar-refractivity contribution in [1.82, 2.24) is 0 Å². The molecule has 9 nitrogen and oxygen atoms in total. The summed E-state index contributed by atoms with van der Waals surface area (Å²) in [6, 6.07) is 11.1. The molecule has 0 spiro atoms. The van der Waals surface area contributed by atoms with E-state index < -0.39 is 9.85 Å². The summed E-state index contributed by atoms with van der Waals surface area (Å²) in [6.07, 6.45) is 6.78. The molecule has 1 N–H and O–H groups in total. The molecule has 2 aromatic carbocycles. The summed E-state index contributed by atoms with van der Waals surface area (Å²) in [5, 5.41) is 27.2. The van der Waals surface area contributed by atoms with Gasteiger partial charge in [0.05, 0.1) is 28.7 Å². The minimum atomic E-state index is -0.654. The van der Waals surface area contributed by atoms with Crippen LogP contribution in [0, 0.1) is 32.1 Å². The first-order valence-corrected chi connectivity index (χ1v) is 10.9. The smallest absolute Gasteiger partial charge is 0.301 e. The largest absolute Gasteiger partial charge is 0.497 e. The van der Waals surface area contributed by atoms with Crippen LogP contribution in [0.2, 0.25) is 0 Å². The number of nitrogens with one attached hydrogen (secondary N) is 1. The molecule has 1 unspecified atom stereocenters. The van der Waals surface area contributed by atoms with Crippen LogP contribution in [0.3, 0.4) is 0 Å². The number of benzene rings is 2. The molecule has 1 atom stereocenters. The van der Waals surface area contributed by atoms with Crippen LogP contribution in [0.4, 0.5) is 17.1 Å². The van der Waals surface area contributed by atoms with Gasteiger partial charge in [-0.15, -0.1) is 0 Å². The molecule has 1 saturated carbocycles. The Morgan fingerprint density at radius 2 is 1.78 bits per heavy atom. The Morgan fingerprint density at radius 3 is 2.34 bits per heavy atom. The lowest BCUT2D eigenvalue weighted by molar-refractivity contribution is -0.393. The molecule has 0 bridgehead atoms. The fourth-order valence-electron chi connectivity index (χ4n) is 4.41. The first-order chi connectivity index (χ1) is 15.4. The lowest BCUT2D eigenvalue weighted by atomic mass is 9.75. The number of anilines is 1. The highest BCUT2D eigenvalue weighted by atomic mass is 16.6. The number of methoxy groups -OCH3 is 1. The van der Waals surface area contributed by atoms with Crippen LogP contribution in [-0.2, 0) is 0 Å². The second-order valence-electron chi connectivity index (χ2n) is 7.97. The standard InChI is InChI=1S/C23H28N4O5/c1-3-20(16-7-5-4-6-8-16)23(17-9-12-19(32-2)13-10-17)25-24-21-14-11-18(26(28)29)15-22(21)27(30)31/h9-16,20,24H,3-8H2,1-2H3. The van der Waals surface area contributed by atoms with Crippen molar-refractivity contribution in [3.05, 3.63) is 68.3 Å². The maximum Gasteiger partial charge on any atom is 0.301 e. The number of hydrogen-bond donors (Lipinski definition) is 1. The Bertz CT molecular complexity index is 984. The highest BCUT2D eigenvalue weighted by Crippen LogP contribution is 2.35. The van der Waals surface area contributed by atoms with Crippen LogP contribution < -0.4 is 10.2 Å². The third-order valence-corrected chi connectivity index (χ3v) is 6.08. The van der Waals surface area contributed by atoms with E-state index in [1.807, 2.05) is 24.3 Å². The van der Waals surface area contributed by atoms with E-state index in [-0.39, 0.29) is 23.0 Å². The van der Waals surface area contributed by atoms with Crippen molar-refractivity contribution in [3.63, 3.8) is 0 Å². The summed E-state index contributed by atoms with van der Waals surface area (Å²) in [4.78, 5) is 21.2. The van der Waals surface area contributed by atoms with Gasteiger partial charge in [0.15, 0.2) is 0 Å². The molecule has 170 valence electrons. The number of rotatable bonds is 9. The van der Waals surface area contributed by atoms with Gasteiger partial charge in [-0.3, -0.25) is 25.7 Å². The quantitative estimate of drug-likeness (QED) is 0.293. The number of nitro benzene ring substituents is 2. The minimum absolute atomic E-state index is 0.116. The average molecular weight is 441 g/mol. The molecule has 0 aliphatic heterocycles. The van der Waals surface area contributed by atoms with Crippen LogP contribution in [0.5, 0.6) is 5.75 Å². The van der Waals surface area contributed by atoms with Crippen molar-refractivity contribution in [3.8, 4) is 5.75 Å². The Kier molecular flexibility index (Phi) is 7.75. The minimum Gasteiger partial charge on any atom is -0.497 e. The monoisotopic (exact) mass is 440 g/mol. The predicted octanol–water partition coefficient (Wildman–Crippen LogP) is 5.93. The van der Waals surface area contributed by atoms with E-state index in [0.717, 1.165) is 42.4 Å². The number of nitrogens with zero attached hydrogens (tertiary/aromatic N) is 3. The maximum atomic E-state index is 11.5. The second kappa shape index (κ2) is 10.7. The highest BCUT2D eigenvalue weighted by molar-refractivity contribution is 6.03. The molecule has 0 amide bonds. The van der Waals surface area contributed by atoms with Crippen LogP contribution in [0.25, 0.3) is 0 Å². The van der Waals surface area contributed by atoms with Gasteiger partial charge in [0, 0.05) is 12.0 Å². The van der Waals surface area contributed by atoms with Gasteiger partial charge in [0.25, 0.3) is 5.69 Å². The van der Waals surface area contributed by atoms with Gasteiger partial charge >= 0.3 is 5.69 Å². The maximum absolute atomic E-state index is 11.5. The summed E-state index contributed by atoms with van der Waals surface area (Å²) < 4.78 is 5.27. The lowest BCUT2D eigenvalue weighted by Gasteiger charge is -2.30. The van der Waals surface area contributed by atoms with Crippen LogP contribution >= 0.6 is 0 Å². The summed E-state index contributed by atoms with van der Waals surface area (Å²) in [5.41, 5.74) is 3.97. The van der Waals surface area contributed by atoms with E-state index in [9.17, 15) is 20.2 Å². The Labute approximate surface area is 186 Å². The zero-order valence-corrected chi connectivity index (χ0v) is 18.3. The molecule has 1 fully saturated rings. The normalized spacial score (nSPS) is 15.8. The van der Waals surface area contributed by atoms with E-state index in [2.05, 4.69) is 17.5 Å². The van der Waals surface area contributed by atoms with Crippen molar-refractivity contribution in [2.45, 2.75) is 45.4 Å². The van der Waals surface area contributed by atoms with Crippen LogP contribution in [0.1, 0.15) is 51.0 Å². The summed E-state index contributed by atoms with van der Waals surface area (Å²) in [7, 11) is 1.61. The first-order valence-electron chi connectivity index (χ1n) is 10.9. The Balaban J connectivity index is 2.00. The Hall–Kier alpha value is -3.49. The third kappa shape index (κ3) is 5.40. The molecular formula is C23H28N4O5. The molecular weight excluding hydrogens is 412 g/mol. The summed E-state index contributed by atoms with van der Waals surface area (Å²) in [6.45, 7) is 2.13. The van der Waals surface area contributed by atoms with Gasteiger partial charge in [-0.2, -0.15) is 5.10 Å². The predicted molar refractivity (Wildman–Crippen MR) is 123 cm³/mol. The Morgan fingerprint density at radius 1 is 1.09 bits per heavy atom. The van der Waals surface area contributed by atoms with E-state index >= 15 is 0 Å². The molecule has 2 aromatic rings. The van der Waals surface area contributed by atoms with Gasteiger partial charge in [0.2, 0.25) is 0 Å². The molecule has 0 aromatic heterocycles. The molecule has 0 saturated heterocycles. The lowest BCUT2D eigenvalue weighted by Crippen LogP contribution is -2.27. The topological polar surface area (TPSA) is 120 Å². The molecule has 3 rings (SSSR count). The molecule has 9 heteroatoms. The number of hydrazone groups is 1. The van der Waals surface area contributed by atoms with Crippen molar-refractivity contribution in [1.29, 1.82) is 0 Å². The SMILES string of the molecule is CCC(C(=NNc1ccc([N+](=O)[O-])cc1[N+](=O)[O-])c1ccc(OC)cc1)C1CCCCC1. The first kappa shape index (κ1) is 23.2. The van der Waals surface area contributed by atoms with Crippen molar-refractivity contribution in [2.24, 2.45) is 16.9 Å². The van der Waals surface area contributed by atoms with Crippen molar-refractivity contribution < 1.29 is 14.6 Å². The average Bonchev–Trinajstić information content (AvgIpc) is 2.82. The van der Waals surface area contributed by atoms with E-state index in [0.29, 0.717) is 5.92 Å². The van der Waals surface area contributed by atoms with Gasteiger partial charge in [-0.25, -0.2) is 0 Å². The van der Waals surface area contributed by atoms with Gasteiger partial charge in [-0.05, 0) is 61.1 Å². The van der Waals surface area contributed by atoms with Crippen LogP contribution in [0.15, 0.2) is 47.6 Å². The zero-order valence-electron chi connectivity index (χ0n) is 18.3. The van der Waals surface area contributed by atoms with Crippen molar-refractivity contribution in [2.75, 3.05) is 12.5 Å². The number of non-ortho nitro benzene ring substituents is 1. The molecule has 0 heterocycles. The van der Waals surface area contributed by atoms with Crippen LogP contribution in [-0.4, -0.2) is 22.7 Å². The third-order valence-electron chi connectivity index (χ3n) is 6.08. The fraction of sp³-hybridized carbons (Fsp3) is 0.435. The number of nitro groups is 2. The summed E-state index contributed by atoms with van der Waals surface area (Å²) in [5.74, 6) is 1.41. The van der Waals surface area contributed by atoms with E-state index in [1.54, 1.807) is 7.11 Å². The molecule has 32 heavy (non-hydrogen) atoms. The fourth-order valence-corrected chi connectivity index (χ4v) is 4.41.